The van der Waals surface area contributed by atoms with Gasteiger partial charge in [0.1, 0.15) is 0 Å². The zero-order valence-corrected chi connectivity index (χ0v) is 29.1. The van der Waals surface area contributed by atoms with Gasteiger partial charge in [-0.05, 0) is 110 Å². The van der Waals surface area contributed by atoms with Crippen LogP contribution in [0.1, 0.15) is 0 Å². The molecule has 0 aliphatic heterocycles. The lowest BCUT2D eigenvalue weighted by molar-refractivity contribution is 1.25. The van der Waals surface area contributed by atoms with E-state index in [1.165, 1.54) is 32.3 Å². The van der Waals surface area contributed by atoms with Gasteiger partial charge in [0.2, 0.25) is 0 Å². The number of rotatable bonds is 4. The van der Waals surface area contributed by atoms with Crippen LogP contribution in [0.5, 0.6) is 0 Å². The van der Waals surface area contributed by atoms with Crippen LogP contribution in [-0.4, -0.2) is 19.9 Å². The van der Waals surface area contributed by atoms with Crippen molar-refractivity contribution >= 4 is 65.0 Å². The van der Waals surface area contributed by atoms with Crippen LogP contribution in [0, 0.1) is 0 Å². The van der Waals surface area contributed by atoms with E-state index in [1.54, 1.807) is 0 Å². The number of fused-ring (bicyclic) bond motifs is 6. The van der Waals surface area contributed by atoms with Gasteiger partial charge < -0.3 is 0 Å². The Kier molecular flexibility index (Phi) is 6.82. The van der Waals surface area contributed by atoms with E-state index < -0.39 is 0 Å². The lowest BCUT2D eigenvalue weighted by atomic mass is 9.99. The molecule has 0 amide bonds. The van der Waals surface area contributed by atoms with Crippen LogP contribution in [0.15, 0.2) is 182 Å². The van der Waals surface area contributed by atoms with Crippen LogP contribution in [0.3, 0.4) is 0 Å². The summed E-state index contributed by atoms with van der Waals surface area (Å²) in [4.78, 5) is 20.6. The van der Waals surface area contributed by atoms with Crippen molar-refractivity contribution in [2.75, 3.05) is 0 Å². The third-order valence-corrected chi connectivity index (χ3v) is 10.5. The molecule has 4 heterocycles. The summed E-state index contributed by atoms with van der Waals surface area (Å²) in [7, 11) is 0. The summed E-state index contributed by atoms with van der Waals surface area (Å²) in [6, 6.07) is 64.0. The van der Waals surface area contributed by atoms with Gasteiger partial charge in [-0.25, -0.2) is 19.9 Å². The Labute approximate surface area is 311 Å². The molecule has 0 aliphatic rings. The molecular weight excluding hydrogens is 657 g/mol. The van der Waals surface area contributed by atoms with Crippen molar-refractivity contribution in [2.45, 2.75) is 0 Å². The maximum Gasteiger partial charge on any atom is 0.0900 e. The van der Waals surface area contributed by atoms with Gasteiger partial charge in [-0.1, -0.05) is 115 Å². The minimum atomic E-state index is 0.797. The van der Waals surface area contributed by atoms with Gasteiger partial charge in [0.05, 0.1) is 45.0 Å². The third kappa shape index (κ3) is 5.32. The number of hydrogen-bond donors (Lipinski definition) is 0. The maximum atomic E-state index is 5.22. The van der Waals surface area contributed by atoms with Gasteiger partial charge in [-0.3, -0.25) is 0 Å². The number of nitrogens with zero attached hydrogens (tertiary/aromatic N) is 4. The summed E-state index contributed by atoms with van der Waals surface area (Å²) < 4.78 is 0. The van der Waals surface area contributed by atoms with Crippen LogP contribution in [0.25, 0.3) is 110 Å². The largest absolute Gasteiger partial charge is 0.248 e. The van der Waals surface area contributed by atoms with E-state index in [0.29, 0.717) is 0 Å². The summed E-state index contributed by atoms with van der Waals surface area (Å²) in [5, 5.41) is 10.5. The van der Waals surface area contributed by atoms with Crippen LogP contribution in [0.4, 0.5) is 0 Å². The van der Waals surface area contributed by atoms with Gasteiger partial charge in [0.15, 0.2) is 0 Å². The van der Waals surface area contributed by atoms with Crippen LogP contribution in [0.2, 0.25) is 0 Å². The van der Waals surface area contributed by atoms with Gasteiger partial charge in [0, 0.05) is 21.7 Å². The molecule has 0 bridgehead atoms. The Balaban J connectivity index is 1.03. The molecule has 7 aromatic carbocycles. The van der Waals surface area contributed by atoms with Crippen molar-refractivity contribution in [3.05, 3.63) is 182 Å². The second-order valence-electron chi connectivity index (χ2n) is 14.0. The molecule has 0 atom stereocenters. The molecule has 11 aromatic rings. The van der Waals surface area contributed by atoms with Crippen molar-refractivity contribution in [1.82, 2.24) is 19.9 Å². The topological polar surface area (TPSA) is 51.6 Å². The van der Waals surface area contributed by atoms with E-state index >= 15 is 0 Å². The average molecular weight is 687 g/mol. The van der Waals surface area contributed by atoms with Crippen LogP contribution >= 0.6 is 0 Å². The average Bonchev–Trinajstić information content (AvgIpc) is 3.23. The Morgan fingerprint density at radius 1 is 0.204 bits per heavy atom. The van der Waals surface area contributed by atoms with Crippen molar-refractivity contribution in [3.8, 4) is 45.2 Å². The molecule has 250 valence electrons. The van der Waals surface area contributed by atoms with E-state index in [2.05, 4.69) is 182 Å². The fourth-order valence-corrected chi connectivity index (χ4v) is 7.68. The van der Waals surface area contributed by atoms with Crippen molar-refractivity contribution in [2.24, 2.45) is 0 Å². The monoisotopic (exact) mass is 686 g/mol. The van der Waals surface area contributed by atoms with Gasteiger partial charge in [-0.15, -0.1) is 0 Å². The van der Waals surface area contributed by atoms with Gasteiger partial charge >= 0.3 is 0 Å². The molecule has 0 saturated carbocycles. The van der Waals surface area contributed by atoms with Crippen molar-refractivity contribution in [3.63, 3.8) is 0 Å². The minimum absolute atomic E-state index is 0.797. The molecule has 0 unspecified atom stereocenters. The summed E-state index contributed by atoms with van der Waals surface area (Å²) in [6.45, 7) is 0. The first-order valence-electron chi connectivity index (χ1n) is 18.2. The normalized spacial score (nSPS) is 11.7. The van der Waals surface area contributed by atoms with Gasteiger partial charge in [-0.2, -0.15) is 0 Å². The highest BCUT2D eigenvalue weighted by molar-refractivity contribution is 5.99. The number of aromatic nitrogens is 4. The highest BCUT2D eigenvalue weighted by Gasteiger charge is 2.14. The highest BCUT2D eigenvalue weighted by atomic mass is 14.8. The Bertz CT molecular complexity index is 3140. The lowest BCUT2D eigenvalue weighted by Gasteiger charge is -2.12. The molecule has 0 saturated heterocycles. The third-order valence-electron chi connectivity index (χ3n) is 10.5. The summed E-state index contributed by atoms with van der Waals surface area (Å²) >= 11 is 0. The first-order chi connectivity index (χ1) is 26.7. The molecule has 0 fully saturated rings. The summed E-state index contributed by atoms with van der Waals surface area (Å²) in [6.07, 6.45) is 0. The second kappa shape index (κ2) is 12.1. The molecule has 54 heavy (non-hydrogen) atoms. The van der Waals surface area contributed by atoms with Gasteiger partial charge in [0.25, 0.3) is 0 Å². The zero-order valence-electron chi connectivity index (χ0n) is 29.1. The molecule has 0 aliphatic carbocycles. The van der Waals surface area contributed by atoms with E-state index in [9.17, 15) is 0 Å². The number of hydrogen-bond acceptors (Lipinski definition) is 4. The Morgan fingerprint density at radius 3 is 0.981 bits per heavy atom. The molecule has 11 rings (SSSR count). The first-order valence-corrected chi connectivity index (χ1v) is 18.2. The molecule has 4 aromatic heterocycles. The predicted octanol–water partition coefficient (Wildman–Crippen LogP) is 12.9. The van der Waals surface area contributed by atoms with E-state index in [-0.39, 0.29) is 0 Å². The SMILES string of the molecule is c1ccc2cc3nc(-c4ccc(-c5cc(-c6ccc7cc8ccccc8cc7n6)nc(-c6ccc7cc8ccccc8cc7n6)c5)cc4)ccc3cc2c1. The lowest BCUT2D eigenvalue weighted by Crippen LogP contribution is -1.95. The molecular formula is C50H30N4. The predicted molar refractivity (Wildman–Crippen MR) is 224 cm³/mol. The number of benzene rings is 7. The standard InChI is InChI=1S/C50H30N4/c1-4-10-36-26-46-39(23-33(36)7-1)17-20-43(51-46)32-15-13-31(14-16-32)42-29-49(44-21-18-40-24-34-8-2-5-11-37(34)27-47(40)52-44)54-50(30-42)45-22-19-41-25-35-9-3-6-12-38(35)28-48(41)53-45/h1-30H. The smallest absolute Gasteiger partial charge is 0.0900 e. The zero-order chi connectivity index (χ0) is 35.6. The number of pyridine rings is 4. The minimum Gasteiger partial charge on any atom is -0.248 e. The van der Waals surface area contributed by atoms with Crippen molar-refractivity contribution < 1.29 is 0 Å². The summed E-state index contributed by atoms with van der Waals surface area (Å²) in [5.41, 5.74) is 10.2. The van der Waals surface area contributed by atoms with E-state index in [4.69, 9.17) is 19.9 Å². The Morgan fingerprint density at radius 2 is 0.556 bits per heavy atom. The Hall–Kier alpha value is -7.30. The molecule has 0 spiro atoms. The maximum absolute atomic E-state index is 5.22. The summed E-state index contributed by atoms with van der Waals surface area (Å²) in [5.74, 6) is 0. The molecule has 4 heteroatoms. The first kappa shape index (κ1) is 30.3. The molecule has 0 radical (unpaired) electrons. The fourth-order valence-electron chi connectivity index (χ4n) is 7.68. The van der Waals surface area contributed by atoms with Crippen LogP contribution < -0.4 is 0 Å². The fraction of sp³-hybridized carbons (Fsp3) is 0. The highest BCUT2D eigenvalue weighted by Crippen LogP contribution is 2.34. The molecule has 0 N–H and O–H groups in total. The second-order valence-corrected chi connectivity index (χ2v) is 14.0. The quantitative estimate of drug-likeness (QED) is 0.173. The van der Waals surface area contributed by atoms with Crippen LogP contribution in [-0.2, 0) is 0 Å². The van der Waals surface area contributed by atoms with Crippen molar-refractivity contribution in [1.29, 1.82) is 0 Å². The van der Waals surface area contributed by atoms with E-state index in [0.717, 1.165) is 77.9 Å². The molecule has 4 nitrogen and oxygen atoms in total. The van der Waals surface area contributed by atoms with E-state index in [1.807, 2.05) is 0 Å².